The minimum absolute atomic E-state index is 0.00511. The van der Waals surface area contributed by atoms with E-state index in [1.807, 2.05) is 41.3 Å². The Bertz CT molecular complexity index is 1160. The van der Waals surface area contributed by atoms with Crippen molar-refractivity contribution in [3.63, 3.8) is 0 Å². The number of carbonyl (C=O) groups excluding carboxylic acids is 1. The number of ether oxygens (including phenoxy) is 4. The van der Waals surface area contributed by atoms with Crippen LogP contribution in [-0.2, 0) is 16.0 Å². The van der Waals surface area contributed by atoms with Gasteiger partial charge in [0.1, 0.15) is 5.75 Å². The van der Waals surface area contributed by atoms with E-state index in [2.05, 4.69) is 6.92 Å². The van der Waals surface area contributed by atoms with Gasteiger partial charge >= 0.3 is 5.97 Å². The zero-order chi connectivity index (χ0) is 28.6. The Labute approximate surface area is 235 Å². The summed E-state index contributed by atoms with van der Waals surface area (Å²) in [4.78, 5) is 30.3. The molecule has 40 heavy (non-hydrogen) atoms. The molecule has 2 aromatic rings. The molecule has 2 aliphatic rings. The van der Waals surface area contributed by atoms with Gasteiger partial charge < -0.3 is 34.1 Å². The predicted octanol–water partition coefficient (Wildman–Crippen LogP) is 3.15. The van der Waals surface area contributed by atoms with Crippen LogP contribution in [0.15, 0.2) is 36.4 Å². The van der Waals surface area contributed by atoms with Crippen LogP contribution in [0.3, 0.4) is 0 Å². The highest BCUT2D eigenvalue weighted by molar-refractivity contribution is 5.79. The largest absolute Gasteiger partial charge is 0.496 e. The van der Waals surface area contributed by atoms with Crippen LogP contribution in [0.4, 0.5) is 0 Å². The number of unbranched alkanes of at least 4 members (excludes halogenated alkanes) is 1. The molecule has 1 fully saturated rings. The number of nitrogens with zero attached hydrogens (tertiary/aromatic N) is 2. The van der Waals surface area contributed by atoms with E-state index in [9.17, 15) is 19.8 Å². The number of aliphatic carboxylic acids is 1. The zero-order valence-electron chi connectivity index (χ0n) is 23.5. The first-order chi connectivity index (χ1) is 19.4. The van der Waals surface area contributed by atoms with E-state index in [1.54, 1.807) is 12.0 Å². The highest BCUT2D eigenvalue weighted by Gasteiger charge is 2.48. The SMILES string of the molecule is CCCCN(CCCO)C(=O)CN1C[C@H](c2cc(OC)c3c(c2)OCO3)C(C(=O)O)[C@@H]1Cc1ccccc1OC. The van der Waals surface area contributed by atoms with Crippen molar-refractivity contribution in [2.75, 3.05) is 53.8 Å². The number of fused-ring (bicyclic) bond motifs is 1. The second kappa shape index (κ2) is 13.7. The highest BCUT2D eigenvalue weighted by Crippen LogP contribution is 2.47. The van der Waals surface area contributed by atoms with Gasteiger partial charge in [-0.2, -0.15) is 0 Å². The molecule has 0 saturated carbocycles. The first-order valence-corrected chi connectivity index (χ1v) is 13.9. The molecular formula is C30H40N2O8. The third-order valence-corrected chi connectivity index (χ3v) is 7.82. The number of amides is 1. The van der Waals surface area contributed by atoms with Gasteiger partial charge in [-0.3, -0.25) is 14.5 Å². The Morgan fingerprint density at radius 1 is 1.07 bits per heavy atom. The number of hydrogen-bond donors (Lipinski definition) is 2. The van der Waals surface area contributed by atoms with Gasteiger partial charge in [0.2, 0.25) is 18.4 Å². The lowest BCUT2D eigenvalue weighted by Crippen LogP contribution is -2.45. The minimum atomic E-state index is -0.931. The monoisotopic (exact) mass is 556 g/mol. The lowest BCUT2D eigenvalue weighted by Gasteiger charge is -2.30. The maximum Gasteiger partial charge on any atom is 0.308 e. The second-order valence-corrected chi connectivity index (χ2v) is 10.3. The van der Waals surface area contributed by atoms with Crippen LogP contribution in [0.25, 0.3) is 0 Å². The van der Waals surface area contributed by atoms with E-state index in [1.165, 1.54) is 7.11 Å². The fourth-order valence-corrected chi connectivity index (χ4v) is 5.79. The summed E-state index contributed by atoms with van der Waals surface area (Å²) in [6, 6.07) is 10.7. The number of aliphatic hydroxyl groups excluding tert-OH is 1. The number of hydrogen-bond acceptors (Lipinski definition) is 8. The molecule has 3 atom stereocenters. The van der Waals surface area contributed by atoms with Crippen LogP contribution >= 0.6 is 0 Å². The normalized spacial score (nSPS) is 19.9. The molecule has 4 rings (SSSR count). The number of rotatable bonds is 14. The average molecular weight is 557 g/mol. The number of methoxy groups -OCH3 is 2. The molecule has 2 aliphatic heterocycles. The van der Waals surface area contributed by atoms with Gasteiger partial charge in [-0.25, -0.2) is 0 Å². The van der Waals surface area contributed by atoms with Gasteiger partial charge in [-0.05, 0) is 48.6 Å². The summed E-state index contributed by atoms with van der Waals surface area (Å²) in [7, 11) is 3.13. The molecule has 0 bridgehead atoms. The fourth-order valence-electron chi connectivity index (χ4n) is 5.79. The van der Waals surface area contributed by atoms with Crippen molar-refractivity contribution < 1.29 is 38.7 Å². The molecule has 1 saturated heterocycles. The van der Waals surface area contributed by atoms with Crippen LogP contribution in [0.5, 0.6) is 23.0 Å². The number of benzene rings is 2. The molecular weight excluding hydrogens is 516 g/mol. The Balaban J connectivity index is 1.70. The number of para-hydroxylation sites is 1. The summed E-state index contributed by atoms with van der Waals surface area (Å²) in [5.41, 5.74) is 1.64. The fraction of sp³-hybridized carbons (Fsp3) is 0.533. The topological polar surface area (TPSA) is 118 Å². The van der Waals surface area contributed by atoms with Gasteiger partial charge in [0, 0.05) is 38.2 Å². The van der Waals surface area contributed by atoms with Crippen molar-refractivity contribution in [3.8, 4) is 23.0 Å². The van der Waals surface area contributed by atoms with Gasteiger partial charge in [0.15, 0.2) is 11.5 Å². The van der Waals surface area contributed by atoms with Crippen molar-refractivity contribution in [1.82, 2.24) is 9.80 Å². The summed E-state index contributed by atoms with van der Waals surface area (Å²) in [6.07, 6.45) is 2.70. The standard InChI is InChI=1S/C30H40N2O8/c1-4-5-11-31(12-8-13-33)27(34)18-32-17-22(21-15-25(38-3)29-26(16-21)39-19-40-29)28(30(35)36)23(32)14-20-9-6-7-10-24(20)37-2/h6-7,9-10,15-16,22-23,28,33H,4-5,8,11-14,17-19H2,1-3H3,(H,35,36)/t22-,23+,28?/m1/s1. The quantitative estimate of drug-likeness (QED) is 0.362. The third kappa shape index (κ3) is 6.45. The molecule has 10 nitrogen and oxygen atoms in total. The summed E-state index contributed by atoms with van der Waals surface area (Å²) >= 11 is 0. The first kappa shape index (κ1) is 29.5. The Kier molecular flexibility index (Phi) is 10.1. The van der Waals surface area contributed by atoms with Crippen LogP contribution in [0, 0.1) is 5.92 Å². The van der Waals surface area contributed by atoms with E-state index in [-0.39, 0.29) is 25.9 Å². The smallest absolute Gasteiger partial charge is 0.308 e. The lowest BCUT2D eigenvalue weighted by molar-refractivity contribution is -0.143. The number of carboxylic acid groups (broad SMARTS) is 1. The molecule has 2 N–H and O–H groups in total. The van der Waals surface area contributed by atoms with E-state index in [0.717, 1.165) is 24.0 Å². The Hall–Kier alpha value is -3.50. The average Bonchev–Trinajstić information content (AvgIpc) is 3.57. The van der Waals surface area contributed by atoms with E-state index >= 15 is 0 Å². The molecule has 2 heterocycles. The first-order valence-electron chi connectivity index (χ1n) is 13.9. The number of aliphatic hydroxyl groups is 1. The molecule has 0 aromatic heterocycles. The van der Waals surface area contributed by atoms with Crippen molar-refractivity contribution in [3.05, 3.63) is 47.5 Å². The van der Waals surface area contributed by atoms with Gasteiger partial charge in [0.05, 0.1) is 26.7 Å². The molecule has 0 radical (unpaired) electrons. The summed E-state index contributed by atoms with van der Waals surface area (Å²) < 4.78 is 22.3. The van der Waals surface area contributed by atoms with Crippen LogP contribution in [0.1, 0.15) is 43.2 Å². The van der Waals surface area contributed by atoms with Crippen molar-refractivity contribution in [1.29, 1.82) is 0 Å². The number of likely N-dealkylation sites (tertiary alicyclic amines) is 1. The van der Waals surface area contributed by atoms with Gasteiger partial charge in [-0.1, -0.05) is 31.5 Å². The summed E-state index contributed by atoms with van der Waals surface area (Å²) in [5.74, 6) is -0.0367. The molecule has 0 aliphatic carbocycles. The van der Waals surface area contributed by atoms with Gasteiger partial charge in [-0.15, -0.1) is 0 Å². The highest BCUT2D eigenvalue weighted by atomic mass is 16.7. The zero-order valence-corrected chi connectivity index (χ0v) is 23.5. The molecule has 0 spiro atoms. The van der Waals surface area contributed by atoms with Crippen LogP contribution < -0.4 is 18.9 Å². The Morgan fingerprint density at radius 3 is 2.52 bits per heavy atom. The van der Waals surface area contributed by atoms with E-state index in [0.29, 0.717) is 55.5 Å². The molecule has 2 aromatic carbocycles. The van der Waals surface area contributed by atoms with E-state index < -0.39 is 23.8 Å². The molecule has 218 valence electrons. The second-order valence-electron chi connectivity index (χ2n) is 10.3. The molecule has 1 unspecified atom stereocenters. The van der Waals surface area contributed by atoms with Crippen molar-refractivity contribution in [2.45, 2.75) is 44.6 Å². The predicted molar refractivity (Wildman–Crippen MR) is 148 cm³/mol. The lowest BCUT2D eigenvalue weighted by atomic mass is 9.83. The van der Waals surface area contributed by atoms with Crippen LogP contribution in [-0.4, -0.2) is 91.7 Å². The maximum atomic E-state index is 13.6. The molecule has 10 heteroatoms. The Morgan fingerprint density at radius 2 is 1.82 bits per heavy atom. The van der Waals surface area contributed by atoms with Crippen molar-refractivity contribution >= 4 is 11.9 Å². The summed E-state index contributed by atoms with van der Waals surface area (Å²) in [6.45, 7) is 3.66. The third-order valence-electron chi connectivity index (χ3n) is 7.82. The number of carboxylic acids is 1. The van der Waals surface area contributed by atoms with Crippen LogP contribution in [0.2, 0.25) is 0 Å². The minimum Gasteiger partial charge on any atom is -0.496 e. The summed E-state index contributed by atoms with van der Waals surface area (Å²) in [5, 5.41) is 19.9. The van der Waals surface area contributed by atoms with Gasteiger partial charge in [0.25, 0.3) is 0 Å². The van der Waals surface area contributed by atoms with E-state index in [4.69, 9.17) is 18.9 Å². The number of carbonyl (C=O) groups is 2. The molecule has 1 amide bonds. The maximum absolute atomic E-state index is 13.6. The van der Waals surface area contributed by atoms with Crippen molar-refractivity contribution in [2.24, 2.45) is 5.92 Å².